The molecule has 5 heteroatoms. The molecule has 0 saturated carbocycles. The maximum absolute atomic E-state index is 13.0. The van der Waals surface area contributed by atoms with E-state index in [1.54, 1.807) is 19.1 Å². The Morgan fingerprint density at radius 3 is 2.52 bits per heavy atom. The summed E-state index contributed by atoms with van der Waals surface area (Å²) in [6, 6.07) is 5.84. The van der Waals surface area contributed by atoms with Crippen molar-refractivity contribution in [2.75, 3.05) is 0 Å². The van der Waals surface area contributed by atoms with Gasteiger partial charge in [0.25, 0.3) is 0 Å². The lowest BCUT2D eigenvalue weighted by atomic mass is 9.85. The highest BCUT2D eigenvalue weighted by molar-refractivity contribution is 6.02. The molecular formula is C26H30O5. The van der Waals surface area contributed by atoms with Crippen molar-refractivity contribution in [2.45, 2.75) is 53.1 Å². The number of benzene rings is 2. The quantitative estimate of drug-likeness (QED) is 0.504. The molecule has 0 aromatic heterocycles. The second-order valence-corrected chi connectivity index (χ2v) is 8.64. The second-order valence-electron chi connectivity index (χ2n) is 8.64. The Bertz CT molecular complexity index is 1060. The Balaban J connectivity index is 2.06. The van der Waals surface area contributed by atoms with Crippen molar-refractivity contribution in [3.05, 3.63) is 70.3 Å². The van der Waals surface area contributed by atoms with Crippen molar-refractivity contribution < 1.29 is 24.9 Å². The molecule has 0 spiro atoms. The molecule has 0 fully saturated rings. The molecule has 0 aliphatic carbocycles. The number of ketones is 1. The fraction of sp³-hybridized carbons (Fsp3) is 0.346. The summed E-state index contributed by atoms with van der Waals surface area (Å²) in [5.74, 6) is 0.227. The van der Waals surface area contributed by atoms with Crippen molar-refractivity contribution in [2.24, 2.45) is 5.92 Å². The van der Waals surface area contributed by atoms with Crippen molar-refractivity contribution in [3.8, 4) is 23.0 Å². The SMILES string of the molecule is C=C(C)[C@@H](CC=C(C)C)Cc1c(O)cc(C)c2c1O[C@H](c1ccc(O)cc1O)CC2=O. The molecule has 2 aromatic rings. The molecule has 1 aliphatic heterocycles. The van der Waals surface area contributed by atoms with Gasteiger partial charge in [-0.25, -0.2) is 0 Å². The van der Waals surface area contributed by atoms with Crippen LogP contribution in [-0.2, 0) is 6.42 Å². The number of carbonyl (C=O) groups is 1. The molecule has 0 saturated heterocycles. The Morgan fingerprint density at radius 1 is 1.19 bits per heavy atom. The van der Waals surface area contributed by atoms with E-state index in [2.05, 4.69) is 12.7 Å². The molecule has 0 bridgehead atoms. The molecule has 5 nitrogen and oxygen atoms in total. The number of phenols is 3. The van der Waals surface area contributed by atoms with E-state index >= 15 is 0 Å². The van der Waals surface area contributed by atoms with Gasteiger partial charge in [-0.15, -0.1) is 0 Å². The number of Topliss-reactive ketones (excluding diaryl/α,β-unsaturated/α-hetero) is 1. The average Bonchev–Trinajstić information content (AvgIpc) is 2.66. The van der Waals surface area contributed by atoms with Crippen LogP contribution in [0, 0.1) is 12.8 Å². The normalized spacial score (nSPS) is 16.3. The van der Waals surface area contributed by atoms with Crippen LogP contribution in [0.4, 0.5) is 0 Å². The van der Waals surface area contributed by atoms with Crippen molar-refractivity contribution in [1.29, 1.82) is 0 Å². The zero-order chi connectivity index (χ0) is 22.9. The van der Waals surface area contributed by atoms with Crippen molar-refractivity contribution >= 4 is 5.78 Å². The monoisotopic (exact) mass is 422 g/mol. The highest BCUT2D eigenvalue weighted by Gasteiger charge is 2.34. The van der Waals surface area contributed by atoms with Crippen LogP contribution in [0.15, 0.2) is 48.1 Å². The van der Waals surface area contributed by atoms with E-state index in [1.165, 1.54) is 17.7 Å². The van der Waals surface area contributed by atoms with Crippen LogP contribution < -0.4 is 4.74 Å². The number of rotatable bonds is 6. The smallest absolute Gasteiger partial charge is 0.170 e. The molecule has 3 N–H and O–H groups in total. The first-order chi connectivity index (χ1) is 14.6. The number of allylic oxidation sites excluding steroid dienone is 3. The maximum atomic E-state index is 13.0. The number of carbonyl (C=O) groups excluding carboxylic acids is 1. The van der Waals surface area contributed by atoms with Crippen LogP contribution in [-0.4, -0.2) is 21.1 Å². The van der Waals surface area contributed by atoms with Crippen LogP contribution in [0.3, 0.4) is 0 Å². The number of phenolic OH excluding ortho intramolecular Hbond substituents is 3. The van der Waals surface area contributed by atoms with Gasteiger partial charge in [-0.3, -0.25) is 4.79 Å². The topological polar surface area (TPSA) is 87.0 Å². The Labute approximate surface area is 183 Å². The number of aromatic hydroxyl groups is 3. The lowest BCUT2D eigenvalue weighted by molar-refractivity contribution is 0.0842. The lowest BCUT2D eigenvalue weighted by Gasteiger charge is -2.30. The minimum Gasteiger partial charge on any atom is -0.508 e. The third kappa shape index (κ3) is 4.76. The third-order valence-electron chi connectivity index (χ3n) is 5.79. The third-order valence-corrected chi connectivity index (χ3v) is 5.79. The summed E-state index contributed by atoms with van der Waals surface area (Å²) < 4.78 is 6.24. The van der Waals surface area contributed by atoms with Crippen molar-refractivity contribution in [1.82, 2.24) is 0 Å². The van der Waals surface area contributed by atoms with Gasteiger partial charge in [-0.2, -0.15) is 0 Å². The minimum absolute atomic E-state index is 0.0675. The van der Waals surface area contributed by atoms with E-state index in [0.29, 0.717) is 34.4 Å². The van der Waals surface area contributed by atoms with Gasteiger partial charge in [0.2, 0.25) is 0 Å². The maximum Gasteiger partial charge on any atom is 0.170 e. The number of hydrogen-bond acceptors (Lipinski definition) is 5. The molecule has 31 heavy (non-hydrogen) atoms. The predicted octanol–water partition coefficient (Wildman–Crippen LogP) is 5.91. The number of ether oxygens (including phenoxy) is 1. The molecule has 2 aromatic carbocycles. The largest absolute Gasteiger partial charge is 0.508 e. The zero-order valence-corrected chi connectivity index (χ0v) is 18.5. The van der Waals surface area contributed by atoms with Crippen molar-refractivity contribution in [3.63, 3.8) is 0 Å². The average molecular weight is 423 g/mol. The molecule has 0 unspecified atom stereocenters. The fourth-order valence-electron chi connectivity index (χ4n) is 4.00. The minimum atomic E-state index is -0.707. The van der Waals surface area contributed by atoms with Crippen LogP contribution in [0.5, 0.6) is 23.0 Å². The Hall–Kier alpha value is -3.21. The van der Waals surface area contributed by atoms with Gasteiger partial charge >= 0.3 is 0 Å². The molecule has 0 radical (unpaired) electrons. The lowest BCUT2D eigenvalue weighted by Crippen LogP contribution is -2.23. The summed E-state index contributed by atoms with van der Waals surface area (Å²) in [6.45, 7) is 11.9. The summed E-state index contributed by atoms with van der Waals surface area (Å²) in [7, 11) is 0. The molecule has 2 atom stereocenters. The predicted molar refractivity (Wildman–Crippen MR) is 121 cm³/mol. The molecule has 164 valence electrons. The van der Waals surface area contributed by atoms with Gasteiger partial charge in [0, 0.05) is 17.2 Å². The summed E-state index contributed by atoms with van der Waals surface area (Å²) >= 11 is 0. The Morgan fingerprint density at radius 2 is 1.90 bits per heavy atom. The summed E-state index contributed by atoms with van der Waals surface area (Å²) in [5.41, 5.74) is 4.32. The van der Waals surface area contributed by atoms with Crippen LogP contribution in [0.1, 0.15) is 66.8 Å². The first kappa shape index (κ1) is 22.5. The summed E-state index contributed by atoms with van der Waals surface area (Å²) in [4.78, 5) is 13.0. The van der Waals surface area contributed by atoms with E-state index in [9.17, 15) is 20.1 Å². The molecule has 1 aliphatic rings. The van der Waals surface area contributed by atoms with Gasteiger partial charge in [0.1, 0.15) is 29.1 Å². The highest BCUT2D eigenvalue weighted by Crippen LogP contribution is 2.45. The summed E-state index contributed by atoms with van der Waals surface area (Å²) in [5, 5.41) is 30.6. The molecule has 0 amide bonds. The van der Waals surface area contributed by atoms with Gasteiger partial charge in [-0.1, -0.05) is 23.8 Å². The first-order valence-corrected chi connectivity index (χ1v) is 10.4. The molecule has 1 heterocycles. The van der Waals surface area contributed by atoms with Crippen LogP contribution >= 0.6 is 0 Å². The first-order valence-electron chi connectivity index (χ1n) is 10.4. The van der Waals surface area contributed by atoms with Crippen LogP contribution in [0.2, 0.25) is 0 Å². The summed E-state index contributed by atoms with van der Waals surface area (Å²) in [6.07, 6.45) is 2.75. The van der Waals surface area contributed by atoms with E-state index in [-0.39, 0.29) is 35.4 Å². The van der Waals surface area contributed by atoms with E-state index < -0.39 is 6.10 Å². The van der Waals surface area contributed by atoms with Gasteiger partial charge in [0.15, 0.2) is 5.78 Å². The second kappa shape index (κ2) is 8.88. The standard InChI is InChI=1S/C26H30O5/c1-14(2)6-7-17(15(3)4)11-20-21(28)10-16(5)25-23(30)13-24(31-26(20)25)19-9-8-18(27)12-22(19)29/h6,8-10,12,17,24,27-29H,3,7,11,13H2,1-2,4-5H3/t17-,24-/m0/s1. The zero-order valence-electron chi connectivity index (χ0n) is 18.5. The molecular weight excluding hydrogens is 392 g/mol. The van der Waals surface area contributed by atoms with Gasteiger partial charge < -0.3 is 20.1 Å². The van der Waals surface area contributed by atoms with E-state index in [4.69, 9.17) is 4.74 Å². The van der Waals surface area contributed by atoms with Crippen LogP contribution in [0.25, 0.3) is 0 Å². The molecule has 3 rings (SSSR count). The fourth-order valence-corrected chi connectivity index (χ4v) is 4.00. The Kier molecular flexibility index (Phi) is 6.44. The number of hydrogen-bond donors (Lipinski definition) is 3. The number of aryl methyl sites for hydroxylation is 1. The van der Waals surface area contributed by atoms with E-state index in [0.717, 1.165) is 12.0 Å². The highest BCUT2D eigenvalue weighted by atomic mass is 16.5. The van der Waals surface area contributed by atoms with Gasteiger partial charge in [-0.05, 0) is 70.2 Å². The van der Waals surface area contributed by atoms with Gasteiger partial charge in [0.05, 0.1) is 12.0 Å². The number of fused-ring (bicyclic) bond motifs is 1. The van der Waals surface area contributed by atoms with E-state index in [1.807, 2.05) is 20.8 Å².